The molecule has 1 aromatic heterocycles. The number of thiophene rings is 1. The molecule has 160 valence electrons. The van der Waals surface area contributed by atoms with E-state index in [0.29, 0.717) is 6.61 Å². The summed E-state index contributed by atoms with van der Waals surface area (Å²) >= 11 is 5.40. The van der Waals surface area contributed by atoms with E-state index in [0.717, 1.165) is 21.3 Å². The third kappa shape index (κ3) is 5.04. The summed E-state index contributed by atoms with van der Waals surface area (Å²) in [6.45, 7) is 2.17. The number of halogens is 1. The maximum atomic E-state index is 11.1. The van der Waals surface area contributed by atoms with E-state index in [2.05, 4.69) is 63.5 Å². The van der Waals surface area contributed by atoms with Crippen molar-refractivity contribution in [2.24, 2.45) is 0 Å². The first-order chi connectivity index (χ1) is 15.5. The number of hydrogen-bond donors (Lipinski definition) is 1. The minimum atomic E-state index is -0.858. The van der Waals surface area contributed by atoms with Crippen molar-refractivity contribution in [1.82, 2.24) is 0 Å². The number of aliphatic carboxylic acids is 1. The smallest absolute Gasteiger partial charge is 0.304 e. The molecular weight excluding hydrogens is 484 g/mol. The first kappa shape index (κ1) is 22.1. The molecule has 0 fully saturated rings. The van der Waals surface area contributed by atoms with E-state index in [-0.39, 0.29) is 12.3 Å². The summed E-state index contributed by atoms with van der Waals surface area (Å²) in [6.07, 6.45) is -0.0123. The van der Waals surface area contributed by atoms with Crippen LogP contribution in [0.1, 0.15) is 30.4 Å². The molecule has 1 N–H and O–H groups in total. The van der Waals surface area contributed by atoms with Gasteiger partial charge >= 0.3 is 5.97 Å². The van der Waals surface area contributed by atoms with Crippen molar-refractivity contribution in [2.75, 3.05) is 0 Å². The fourth-order valence-electron chi connectivity index (χ4n) is 3.62. The number of carboxylic acid groups (broad SMARTS) is 1. The molecule has 0 unspecified atom stereocenters. The van der Waals surface area contributed by atoms with Gasteiger partial charge in [0, 0.05) is 20.1 Å². The molecule has 0 aliphatic heterocycles. The molecule has 4 aromatic rings. The third-order valence-electron chi connectivity index (χ3n) is 5.19. The van der Waals surface area contributed by atoms with Crippen molar-refractivity contribution in [3.8, 4) is 28.7 Å². The highest BCUT2D eigenvalue weighted by atomic mass is 79.9. The third-order valence-corrected chi connectivity index (χ3v) is 6.84. The highest BCUT2D eigenvalue weighted by molar-refractivity contribution is 9.10. The van der Waals surface area contributed by atoms with E-state index in [1.54, 1.807) is 18.3 Å². The fourth-order valence-corrected chi connectivity index (χ4v) is 5.06. The summed E-state index contributed by atoms with van der Waals surface area (Å²) in [5, 5.41) is 12.5. The Balaban J connectivity index is 1.51. The molecule has 0 spiro atoms. The maximum Gasteiger partial charge on any atom is 0.304 e. The topological polar surface area (TPSA) is 46.5 Å². The molecule has 5 heteroatoms. The first-order valence-corrected chi connectivity index (χ1v) is 11.8. The van der Waals surface area contributed by atoms with E-state index in [1.807, 2.05) is 36.4 Å². The lowest BCUT2D eigenvalue weighted by molar-refractivity contribution is -0.137. The number of hydrogen-bond acceptors (Lipinski definition) is 3. The molecule has 3 aromatic carbocycles. The molecule has 3 nitrogen and oxygen atoms in total. The average Bonchev–Trinajstić information content (AvgIpc) is 3.21. The Kier molecular flexibility index (Phi) is 6.94. The molecule has 0 radical (unpaired) electrons. The van der Waals surface area contributed by atoms with E-state index in [4.69, 9.17) is 9.84 Å². The van der Waals surface area contributed by atoms with Gasteiger partial charge in [0.1, 0.15) is 12.4 Å². The highest BCUT2D eigenvalue weighted by Crippen LogP contribution is 2.38. The van der Waals surface area contributed by atoms with Crippen LogP contribution in [0.25, 0.3) is 21.2 Å². The molecule has 0 aliphatic carbocycles. The van der Waals surface area contributed by atoms with Gasteiger partial charge in [-0.2, -0.15) is 0 Å². The normalized spacial score (nSPS) is 11.6. The lowest BCUT2D eigenvalue weighted by Crippen LogP contribution is -2.04. The average molecular weight is 505 g/mol. The Morgan fingerprint density at radius 1 is 1.09 bits per heavy atom. The van der Waals surface area contributed by atoms with Gasteiger partial charge in [0.05, 0.1) is 12.3 Å². The highest BCUT2D eigenvalue weighted by Gasteiger charge is 2.13. The lowest BCUT2D eigenvalue weighted by atomic mass is 9.96. The molecule has 4 rings (SSSR count). The van der Waals surface area contributed by atoms with Crippen molar-refractivity contribution in [1.29, 1.82) is 0 Å². The summed E-state index contributed by atoms with van der Waals surface area (Å²) < 4.78 is 8.32. The molecule has 1 heterocycles. The van der Waals surface area contributed by atoms with Crippen LogP contribution in [-0.4, -0.2) is 11.1 Å². The second-order valence-corrected chi connectivity index (χ2v) is 9.13. The molecule has 0 amide bonds. The number of ether oxygens (including phenoxy) is 1. The van der Waals surface area contributed by atoms with E-state index in [9.17, 15) is 4.79 Å². The Bertz CT molecular complexity index is 1310. The Labute approximate surface area is 199 Å². The Hall–Kier alpha value is -3.07. The van der Waals surface area contributed by atoms with Gasteiger partial charge in [0.25, 0.3) is 0 Å². The van der Waals surface area contributed by atoms with Crippen molar-refractivity contribution in [3.05, 3.63) is 87.7 Å². The van der Waals surface area contributed by atoms with Gasteiger partial charge in [-0.05, 0) is 59.3 Å². The van der Waals surface area contributed by atoms with Crippen molar-refractivity contribution < 1.29 is 14.6 Å². The SMILES string of the molecule is CC#C[C@@H](CC(=O)O)c1ccc(OCc2ccc3scc(-c4ccccc4Br)c3c2)cc1. The van der Waals surface area contributed by atoms with Gasteiger partial charge in [-0.25, -0.2) is 0 Å². The standard InChI is InChI=1S/C27H21BrO3S/c1-2-5-20(15-27(29)30)19-9-11-21(12-10-19)31-16-18-8-13-26-23(14-18)24(17-32-26)22-6-3-4-7-25(22)28/h3-4,6-14,17,20H,15-16H2,1H3,(H,29,30)/t20-/m0/s1. The molecule has 32 heavy (non-hydrogen) atoms. The summed E-state index contributed by atoms with van der Waals surface area (Å²) in [5.41, 5.74) is 4.37. The summed E-state index contributed by atoms with van der Waals surface area (Å²) in [4.78, 5) is 11.1. The minimum Gasteiger partial charge on any atom is -0.489 e. The lowest BCUT2D eigenvalue weighted by Gasteiger charge is -2.11. The number of fused-ring (bicyclic) bond motifs is 1. The van der Waals surface area contributed by atoms with Crippen LogP contribution in [0.2, 0.25) is 0 Å². The number of benzene rings is 3. The fraction of sp³-hybridized carbons (Fsp3) is 0.148. The van der Waals surface area contributed by atoms with E-state index >= 15 is 0 Å². The van der Waals surface area contributed by atoms with Crippen LogP contribution in [0.3, 0.4) is 0 Å². The predicted molar refractivity (Wildman–Crippen MR) is 134 cm³/mol. The van der Waals surface area contributed by atoms with Gasteiger partial charge in [0.15, 0.2) is 0 Å². The largest absolute Gasteiger partial charge is 0.489 e. The van der Waals surface area contributed by atoms with Crippen LogP contribution in [0.4, 0.5) is 0 Å². The van der Waals surface area contributed by atoms with Gasteiger partial charge < -0.3 is 9.84 Å². The van der Waals surface area contributed by atoms with Crippen LogP contribution < -0.4 is 4.74 Å². The van der Waals surface area contributed by atoms with Crippen LogP contribution in [0.5, 0.6) is 5.75 Å². The van der Waals surface area contributed by atoms with Crippen LogP contribution in [-0.2, 0) is 11.4 Å². The zero-order valence-corrected chi connectivity index (χ0v) is 19.9. The number of rotatable bonds is 7. The van der Waals surface area contributed by atoms with Crippen molar-refractivity contribution in [2.45, 2.75) is 25.9 Å². The maximum absolute atomic E-state index is 11.1. The quantitative estimate of drug-likeness (QED) is 0.265. The predicted octanol–water partition coefficient (Wildman–Crippen LogP) is 7.49. The minimum absolute atomic E-state index is 0.0123. The Morgan fingerprint density at radius 3 is 2.59 bits per heavy atom. The summed E-state index contributed by atoms with van der Waals surface area (Å²) in [6, 6.07) is 22.2. The van der Waals surface area contributed by atoms with Crippen molar-refractivity contribution in [3.63, 3.8) is 0 Å². The zero-order valence-electron chi connectivity index (χ0n) is 17.5. The second-order valence-electron chi connectivity index (χ2n) is 7.36. The van der Waals surface area contributed by atoms with Gasteiger partial charge in [-0.3, -0.25) is 4.79 Å². The summed E-state index contributed by atoms with van der Waals surface area (Å²) in [7, 11) is 0. The second kappa shape index (κ2) is 10.0. The van der Waals surface area contributed by atoms with Gasteiger partial charge in [-0.1, -0.05) is 58.2 Å². The first-order valence-electron chi connectivity index (χ1n) is 10.2. The monoisotopic (exact) mass is 504 g/mol. The summed E-state index contributed by atoms with van der Waals surface area (Å²) in [5.74, 6) is 5.35. The van der Waals surface area contributed by atoms with E-state index < -0.39 is 5.97 Å². The Morgan fingerprint density at radius 2 is 1.88 bits per heavy atom. The molecule has 0 saturated heterocycles. The van der Waals surface area contributed by atoms with Gasteiger partial charge in [0.2, 0.25) is 0 Å². The molecule has 0 saturated carbocycles. The molecule has 1 atom stereocenters. The van der Waals surface area contributed by atoms with Gasteiger partial charge in [-0.15, -0.1) is 17.3 Å². The van der Waals surface area contributed by atoms with Crippen LogP contribution in [0, 0.1) is 11.8 Å². The van der Waals surface area contributed by atoms with Crippen molar-refractivity contribution >= 4 is 43.3 Å². The molecule has 0 bridgehead atoms. The van der Waals surface area contributed by atoms with Crippen LogP contribution >= 0.6 is 27.3 Å². The molecular formula is C27H21BrO3S. The zero-order chi connectivity index (χ0) is 22.5. The van der Waals surface area contributed by atoms with Crippen LogP contribution in [0.15, 0.2) is 76.6 Å². The van der Waals surface area contributed by atoms with E-state index in [1.165, 1.54) is 21.2 Å². The molecule has 0 aliphatic rings. The number of carboxylic acids is 1. The number of carbonyl (C=O) groups is 1.